The summed E-state index contributed by atoms with van der Waals surface area (Å²) >= 11 is 0. The number of likely N-dealkylation sites (N-methyl/N-ethyl adjacent to an activating group) is 1. The Balaban J connectivity index is 1.67. The molecule has 4 N–H and O–H groups in total. The Labute approximate surface area is 144 Å². The Bertz CT molecular complexity index is 554. The minimum absolute atomic E-state index is 0.0432. The summed E-state index contributed by atoms with van der Waals surface area (Å²) in [6, 6.07) is 8.68. The molecule has 132 valence electrons. The molecule has 0 radical (unpaired) electrons. The summed E-state index contributed by atoms with van der Waals surface area (Å²) in [7, 11) is 0. The molecule has 1 heterocycles. The fourth-order valence-corrected chi connectivity index (χ4v) is 3.15. The summed E-state index contributed by atoms with van der Waals surface area (Å²) in [5.41, 5.74) is 2.69. The van der Waals surface area contributed by atoms with Gasteiger partial charge in [-0.15, -0.1) is 0 Å². The summed E-state index contributed by atoms with van der Waals surface area (Å²) in [6.07, 6.45) is 0. The second-order valence-electron chi connectivity index (χ2n) is 6.57. The van der Waals surface area contributed by atoms with Crippen molar-refractivity contribution in [2.24, 2.45) is 0 Å². The molecule has 0 bridgehead atoms. The zero-order valence-corrected chi connectivity index (χ0v) is 14.8. The largest absolute Gasteiger partial charge is 0.355 e. The first-order chi connectivity index (χ1) is 11.6. The number of piperazine rings is 1. The number of amides is 2. The highest BCUT2D eigenvalue weighted by molar-refractivity contribution is 5.84. The van der Waals surface area contributed by atoms with E-state index in [1.807, 2.05) is 6.92 Å². The lowest BCUT2D eigenvalue weighted by molar-refractivity contribution is -1.02. The molecule has 0 spiro atoms. The van der Waals surface area contributed by atoms with Crippen LogP contribution in [-0.4, -0.2) is 57.6 Å². The zero-order valence-electron chi connectivity index (χ0n) is 14.8. The lowest BCUT2D eigenvalue weighted by atomic mass is 10.1. The van der Waals surface area contributed by atoms with Crippen LogP contribution in [0.4, 0.5) is 0 Å². The van der Waals surface area contributed by atoms with Gasteiger partial charge in [0.15, 0.2) is 6.54 Å². The van der Waals surface area contributed by atoms with Crippen LogP contribution in [0.3, 0.4) is 0 Å². The van der Waals surface area contributed by atoms with E-state index < -0.39 is 0 Å². The SMILES string of the molecule is CCNC(=O)CNC(=O)C[NH+]1CC[NH+](Cc2cccc(C)c2)CC1. The van der Waals surface area contributed by atoms with E-state index in [-0.39, 0.29) is 18.4 Å². The first-order valence-corrected chi connectivity index (χ1v) is 8.83. The number of carbonyl (C=O) groups is 2. The van der Waals surface area contributed by atoms with Gasteiger partial charge in [-0.1, -0.05) is 29.8 Å². The van der Waals surface area contributed by atoms with E-state index >= 15 is 0 Å². The molecule has 1 aromatic rings. The van der Waals surface area contributed by atoms with Gasteiger partial charge in [0.1, 0.15) is 32.7 Å². The topological polar surface area (TPSA) is 67.1 Å². The van der Waals surface area contributed by atoms with Crippen molar-refractivity contribution in [1.82, 2.24) is 10.6 Å². The summed E-state index contributed by atoms with van der Waals surface area (Å²) in [5.74, 6) is -0.174. The van der Waals surface area contributed by atoms with Crippen LogP contribution >= 0.6 is 0 Å². The smallest absolute Gasteiger partial charge is 0.275 e. The molecular weight excluding hydrogens is 304 g/mol. The maximum absolute atomic E-state index is 11.9. The lowest BCUT2D eigenvalue weighted by Gasteiger charge is -2.29. The molecular formula is C18H30N4O2+2. The highest BCUT2D eigenvalue weighted by Crippen LogP contribution is 2.01. The van der Waals surface area contributed by atoms with Gasteiger partial charge in [-0.05, 0) is 13.8 Å². The average Bonchev–Trinajstić information content (AvgIpc) is 2.55. The van der Waals surface area contributed by atoms with Crippen molar-refractivity contribution in [3.8, 4) is 0 Å². The first kappa shape index (κ1) is 18.4. The fourth-order valence-electron chi connectivity index (χ4n) is 3.15. The van der Waals surface area contributed by atoms with E-state index in [4.69, 9.17) is 0 Å². The number of hydrogen-bond donors (Lipinski definition) is 4. The second-order valence-corrected chi connectivity index (χ2v) is 6.57. The molecule has 1 aliphatic rings. The molecule has 0 saturated carbocycles. The molecule has 1 aliphatic heterocycles. The number of benzene rings is 1. The standard InChI is InChI=1S/C18H28N4O2/c1-3-19-17(23)12-20-18(24)14-22-9-7-21(8-10-22)13-16-6-4-5-15(2)11-16/h4-6,11H,3,7-10,12-14H2,1-2H3,(H,19,23)(H,20,24)/p+2. The van der Waals surface area contributed by atoms with Gasteiger partial charge in [0.25, 0.3) is 5.91 Å². The van der Waals surface area contributed by atoms with E-state index in [2.05, 4.69) is 41.8 Å². The molecule has 6 heteroatoms. The number of rotatable bonds is 7. The fraction of sp³-hybridized carbons (Fsp3) is 0.556. The van der Waals surface area contributed by atoms with Crippen molar-refractivity contribution in [2.75, 3.05) is 45.8 Å². The number of hydrogen-bond acceptors (Lipinski definition) is 2. The van der Waals surface area contributed by atoms with E-state index in [1.54, 1.807) is 4.90 Å². The van der Waals surface area contributed by atoms with Crippen LogP contribution in [0.2, 0.25) is 0 Å². The average molecular weight is 334 g/mol. The second kappa shape index (κ2) is 9.39. The Morgan fingerprint density at radius 1 is 1.04 bits per heavy atom. The maximum atomic E-state index is 11.9. The van der Waals surface area contributed by atoms with Crippen molar-refractivity contribution in [3.05, 3.63) is 35.4 Å². The molecule has 0 aromatic heterocycles. The van der Waals surface area contributed by atoms with Crippen molar-refractivity contribution < 1.29 is 19.4 Å². The van der Waals surface area contributed by atoms with Crippen LogP contribution in [0.25, 0.3) is 0 Å². The molecule has 2 amide bonds. The number of nitrogens with one attached hydrogen (secondary N) is 4. The molecule has 0 aliphatic carbocycles. The highest BCUT2D eigenvalue weighted by Gasteiger charge is 2.24. The Morgan fingerprint density at radius 3 is 2.42 bits per heavy atom. The van der Waals surface area contributed by atoms with Gasteiger partial charge in [-0.25, -0.2) is 0 Å². The van der Waals surface area contributed by atoms with Gasteiger partial charge in [-0.3, -0.25) is 9.59 Å². The molecule has 6 nitrogen and oxygen atoms in total. The van der Waals surface area contributed by atoms with E-state index in [0.29, 0.717) is 13.1 Å². The lowest BCUT2D eigenvalue weighted by Crippen LogP contribution is -3.28. The predicted octanol–water partition coefficient (Wildman–Crippen LogP) is -2.47. The van der Waals surface area contributed by atoms with Gasteiger partial charge in [-0.2, -0.15) is 0 Å². The summed E-state index contributed by atoms with van der Waals surface area (Å²) in [5, 5.41) is 5.37. The van der Waals surface area contributed by atoms with Gasteiger partial charge in [0.2, 0.25) is 5.91 Å². The molecule has 1 fully saturated rings. The van der Waals surface area contributed by atoms with E-state index in [0.717, 1.165) is 32.7 Å². The molecule has 0 atom stereocenters. The maximum Gasteiger partial charge on any atom is 0.275 e. The van der Waals surface area contributed by atoms with Gasteiger partial charge in [0.05, 0.1) is 6.54 Å². The highest BCUT2D eigenvalue weighted by atomic mass is 16.2. The normalized spacial score (nSPS) is 20.4. The van der Waals surface area contributed by atoms with Crippen molar-refractivity contribution in [1.29, 1.82) is 0 Å². The quantitative estimate of drug-likeness (QED) is 0.447. The van der Waals surface area contributed by atoms with Gasteiger partial charge in [0, 0.05) is 12.1 Å². The number of aryl methyl sites for hydroxylation is 1. The summed E-state index contributed by atoms with van der Waals surface area (Å²) in [6.45, 7) is 10.3. The minimum atomic E-state index is -0.131. The minimum Gasteiger partial charge on any atom is -0.355 e. The van der Waals surface area contributed by atoms with Crippen LogP contribution < -0.4 is 20.4 Å². The summed E-state index contributed by atoms with van der Waals surface area (Å²) in [4.78, 5) is 26.1. The predicted molar refractivity (Wildman–Crippen MR) is 92.8 cm³/mol. The Morgan fingerprint density at radius 2 is 1.75 bits per heavy atom. The molecule has 24 heavy (non-hydrogen) atoms. The Hall–Kier alpha value is -1.92. The third-order valence-electron chi connectivity index (χ3n) is 4.43. The number of carbonyl (C=O) groups excluding carboxylic acids is 2. The van der Waals surface area contributed by atoms with Crippen LogP contribution in [-0.2, 0) is 16.1 Å². The number of quaternary nitrogens is 2. The van der Waals surface area contributed by atoms with E-state index in [1.165, 1.54) is 16.0 Å². The van der Waals surface area contributed by atoms with Crippen LogP contribution in [0.5, 0.6) is 0 Å². The third-order valence-corrected chi connectivity index (χ3v) is 4.43. The molecule has 2 rings (SSSR count). The van der Waals surface area contributed by atoms with Crippen molar-refractivity contribution >= 4 is 11.8 Å². The Kier molecular flexibility index (Phi) is 7.21. The third kappa shape index (κ3) is 6.29. The van der Waals surface area contributed by atoms with Crippen LogP contribution in [0.1, 0.15) is 18.1 Å². The molecule has 1 aromatic carbocycles. The van der Waals surface area contributed by atoms with Crippen molar-refractivity contribution in [2.45, 2.75) is 20.4 Å². The van der Waals surface area contributed by atoms with Crippen LogP contribution in [0, 0.1) is 6.92 Å². The van der Waals surface area contributed by atoms with E-state index in [9.17, 15) is 9.59 Å². The van der Waals surface area contributed by atoms with Crippen molar-refractivity contribution in [3.63, 3.8) is 0 Å². The van der Waals surface area contributed by atoms with Crippen LogP contribution in [0.15, 0.2) is 24.3 Å². The zero-order chi connectivity index (χ0) is 17.4. The first-order valence-electron chi connectivity index (χ1n) is 8.83. The van der Waals surface area contributed by atoms with Gasteiger partial charge < -0.3 is 20.4 Å². The summed E-state index contributed by atoms with van der Waals surface area (Å²) < 4.78 is 0. The monoisotopic (exact) mass is 334 g/mol. The molecule has 0 unspecified atom stereocenters. The van der Waals surface area contributed by atoms with Gasteiger partial charge >= 0.3 is 0 Å². The molecule has 1 saturated heterocycles.